The Balaban J connectivity index is 1.58. The van der Waals surface area contributed by atoms with E-state index in [-0.39, 0.29) is 81.8 Å². The average Bonchev–Trinajstić information content (AvgIpc) is 3.29. The van der Waals surface area contributed by atoms with Crippen molar-refractivity contribution >= 4 is 29.3 Å². The summed E-state index contributed by atoms with van der Waals surface area (Å²) in [5.74, 6) is -0.627. The molecule has 3 aromatic rings. The fourth-order valence-corrected chi connectivity index (χ4v) is 9.59. The molecule has 16 heteroatoms. The third kappa shape index (κ3) is 12.1. The van der Waals surface area contributed by atoms with Gasteiger partial charge in [0.2, 0.25) is 5.79 Å². The van der Waals surface area contributed by atoms with Crippen LogP contribution in [0.15, 0.2) is 101 Å². The topological polar surface area (TPSA) is 192 Å². The van der Waals surface area contributed by atoms with Gasteiger partial charge in [0.1, 0.15) is 34.6 Å². The normalized spacial score (nSPS) is 22.8. The third-order valence-corrected chi connectivity index (χ3v) is 12.7. The largest absolute Gasteiger partial charge is 0.459 e. The monoisotopic (exact) mass is 917 g/mol. The molecule has 6 unspecified atom stereocenters. The number of aliphatic hydroxyl groups is 3. The van der Waals surface area contributed by atoms with Gasteiger partial charge in [0.15, 0.2) is 0 Å². The number of non-ortho nitro benzene ring substituents is 1. The lowest BCUT2D eigenvalue weighted by Gasteiger charge is -2.59. The van der Waals surface area contributed by atoms with Gasteiger partial charge >= 0.3 is 6.09 Å². The van der Waals surface area contributed by atoms with Crippen molar-refractivity contribution in [3.63, 3.8) is 0 Å². The second-order valence-electron chi connectivity index (χ2n) is 17.4. The van der Waals surface area contributed by atoms with Gasteiger partial charge in [0.25, 0.3) is 5.69 Å². The SMILES string of the molecule is C=CCOC12Oc3ccc(Oc4ccc(SC)cc4)cc3C3C(CCCCO)C(CCCCO)C=C(C(=NOC(C)(C)C)CC1N(CCOCCO)C(=O)Oc1ccc([N+](=O)[O-])cc1)C32. The van der Waals surface area contributed by atoms with Crippen LogP contribution in [0.3, 0.4) is 0 Å². The molecule has 352 valence electrons. The summed E-state index contributed by atoms with van der Waals surface area (Å²) in [6, 6.07) is 18.0. The number of carbonyl (C=O) groups excluding carboxylic acids is 1. The highest BCUT2D eigenvalue weighted by Gasteiger charge is 2.65. The quantitative estimate of drug-likeness (QED) is 0.0269. The van der Waals surface area contributed by atoms with Crippen molar-refractivity contribution in [1.82, 2.24) is 4.90 Å². The molecular weight excluding hydrogens is 855 g/mol. The number of aliphatic hydroxyl groups excluding tert-OH is 3. The fraction of sp³-hybridized carbons (Fsp3) is 0.510. The smallest absolute Gasteiger partial charge is 0.415 e. The van der Waals surface area contributed by atoms with Crippen LogP contribution in [0.1, 0.15) is 77.2 Å². The second-order valence-corrected chi connectivity index (χ2v) is 18.3. The summed E-state index contributed by atoms with van der Waals surface area (Å²) in [7, 11) is 0. The zero-order valence-electron chi connectivity index (χ0n) is 37.8. The van der Waals surface area contributed by atoms with Crippen molar-refractivity contribution in [2.45, 2.75) is 94.0 Å². The maximum Gasteiger partial charge on any atom is 0.415 e. The minimum atomic E-state index is -1.59. The van der Waals surface area contributed by atoms with E-state index in [1.807, 2.05) is 69.5 Å². The number of allylic oxidation sites excluding steroid dienone is 1. The number of nitro benzene ring substituents is 1. The molecule has 0 saturated heterocycles. The van der Waals surface area contributed by atoms with Crippen molar-refractivity contribution in [3.8, 4) is 23.0 Å². The molecule has 6 atom stereocenters. The number of nitro groups is 1. The number of rotatable bonds is 23. The van der Waals surface area contributed by atoms with Crippen molar-refractivity contribution in [1.29, 1.82) is 0 Å². The molecule has 0 bridgehead atoms. The molecule has 1 fully saturated rings. The lowest BCUT2D eigenvalue weighted by molar-refractivity contribution is -0.384. The van der Waals surface area contributed by atoms with Crippen LogP contribution >= 0.6 is 11.8 Å². The molecule has 6 rings (SSSR count). The lowest BCUT2D eigenvalue weighted by Crippen LogP contribution is -2.70. The molecule has 1 aliphatic heterocycles. The maximum absolute atomic E-state index is 14.8. The van der Waals surface area contributed by atoms with Crippen molar-refractivity contribution in [3.05, 3.63) is 107 Å². The van der Waals surface area contributed by atoms with E-state index in [4.69, 9.17) is 33.7 Å². The number of hydrogen-bond acceptors (Lipinski definition) is 14. The van der Waals surface area contributed by atoms with E-state index >= 15 is 0 Å². The minimum Gasteiger partial charge on any atom is -0.459 e. The summed E-state index contributed by atoms with van der Waals surface area (Å²) >= 11 is 1.64. The Bertz CT molecular complexity index is 2130. The third-order valence-electron chi connectivity index (χ3n) is 11.9. The van der Waals surface area contributed by atoms with Crippen molar-refractivity contribution in [2.75, 3.05) is 52.4 Å². The first-order chi connectivity index (χ1) is 31.4. The summed E-state index contributed by atoms with van der Waals surface area (Å²) in [4.78, 5) is 34.5. The molecule has 2 aliphatic carbocycles. The molecule has 0 aromatic heterocycles. The van der Waals surface area contributed by atoms with Gasteiger partial charge in [-0.05, 0) is 125 Å². The van der Waals surface area contributed by atoms with E-state index in [9.17, 15) is 30.2 Å². The number of fused-ring (bicyclic) bond motifs is 2. The van der Waals surface area contributed by atoms with Gasteiger partial charge in [0, 0.05) is 54.7 Å². The molecular formula is C49H63N3O12S. The first-order valence-electron chi connectivity index (χ1n) is 22.4. The highest BCUT2D eigenvalue weighted by Crippen LogP contribution is 2.62. The Morgan fingerprint density at radius 1 is 0.969 bits per heavy atom. The number of unbranched alkanes of at least 4 members (excludes halogenated alkanes) is 2. The lowest BCUT2D eigenvalue weighted by atomic mass is 9.55. The van der Waals surface area contributed by atoms with E-state index < -0.39 is 34.4 Å². The van der Waals surface area contributed by atoms with Gasteiger partial charge in [-0.2, -0.15) is 0 Å². The molecule has 3 aromatic carbocycles. The number of oxime groups is 1. The Labute approximate surface area is 385 Å². The first kappa shape index (κ1) is 49.5. The summed E-state index contributed by atoms with van der Waals surface area (Å²) < 4.78 is 32.6. The van der Waals surface area contributed by atoms with Gasteiger partial charge in [-0.25, -0.2) is 4.79 Å². The summed E-state index contributed by atoms with van der Waals surface area (Å²) in [6.07, 6.45) is 9.51. The number of thioether (sulfide) groups is 1. The van der Waals surface area contributed by atoms with E-state index in [0.717, 1.165) is 41.7 Å². The Morgan fingerprint density at radius 3 is 2.31 bits per heavy atom. The summed E-state index contributed by atoms with van der Waals surface area (Å²) in [5.41, 5.74) is 1.50. The van der Waals surface area contributed by atoms with E-state index in [2.05, 4.69) is 12.7 Å². The summed E-state index contributed by atoms with van der Waals surface area (Å²) in [6.45, 7) is 9.67. The highest BCUT2D eigenvalue weighted by molar-refractivity contribution is 7.98. The van der Waals surface area contributed by atoms with Gasteiger partial charge < -0.3 is 43.8 Å². The minimum absolute atomic E-state index is 0.00897. The maximum atomic E-state index is 14.8. The number of amides is 1. The molecule has 0 radical (unpaired) electrons. The predicted molar refractivity (Wildman–Crippen MR) is 248 cm³/mol. The van der Waals surface area contributed by atoms with Crippen LogP contribution in [0.4, 0.5) is 10.5 Å². The Morgan fingerprint density at radius 2 is 1.66 bits per heavy atom. The molecule has 1 amide bonds. The molecule has 1 saturated carbocycles. The van der Waals surface area contributed by atoms with Crippen LogP contribution in [-0.2, 0) is 14.3 Å². The van der Waals surface area contributed by atoms with Gasteiger partial charge in [-0.3, -0.25) is 15.0 Å². The van der Waals surface area contributed by atoms with Gasteiger partial charge in [-0.15, -0.1) is 18.3 Å². The van der Waals surface area contributed by atoms with Crippen LogP contribution in [0.2, 0.25) is 0 Å². The number of nitrogens with zero attached hydrogens (tertiary/aromatic N) is 3. The number of ether oxygens (including phenoxy) is 5. The van der Waals surface area contributed by atoms with Crippen molar-refractivity contribution < 1.29 is 53.6 Å². The standard InChI is InChI=1S/C49H63N3O12S/c1-6-27-60-49-44(51(23-28-59-29-26-55)47(56)62-36-15-13-34(14-16-36)52(57)58)32-42(50-64-48(2,3)4)40-30-33(11-7-9-24-53)39(12-8-10-25-54)45(46(40)49)41-31-37(19-22-43(41)63-49)61-35-17-20-38(65-5)21-18-35/h6,13-22,30-31,33,39,44-46,53-55H,1,7-12,23-29,32H2,2-5H3. The second kappa shape index (κ2) is 23.0. The van der Waals surface area contributed by atoms with Crippen LogP contribution in [0.5, 0.6) is 23.0 Å². The number of hydrogen-bond donors (Lipinski definition) is 3. The van der Waals surface area contributed by atoms with Crippen LogP contribution in [0.25, 0.3) is 0 Å². The van der Waals surface area contributed by atoms with E-state index in [0.29, 0.717) is 35.8 Å². The summed E-state index contributed by atoms with van der Waals surface area (Å²) in [5, 5.41) is 45.9. The molecule has 0 spiro atoms. The number of carbonyl (C=O) groups is 1. The van der Waals surface area contributed by atoms with E-state index in [1.54, 1.807) is 17.8 Å². The first-order valence-corrected chi connectivity index (χ1v) is 23.6. The van der Waals surface area contributed by atoms with E-state index in [1.165, 1.54) is 29.2 Å². The van der Waals surface area contributed by atoms with Gasteiger partial charge in [0.05, 0.1) is 43.0 Å². The zero-order chi connectivity index (χ0) is 46.6. The molecule has 3 N–H and O–H groups in total. The van der Waals surface area contributed by atoms with Crippen LogP contribution in [0, 0.1) is 27.9 Å². The number of benzene rings is 3. The van der Waals surface area contributed by atoms with Crippen LogP contribution < -0.4 is 14.2 Å². The van der Waals surface area contributed by atoms with Crippen LogP contribution in [-0.4, -0.2) is 107 Å². The molecule has 65 heavy (non-hydrogen) atoms. The molecule has 1 heterocycles. The fourth-order valence-electron chi connectivity index (χ4n) is 9.18. The highest BCUT2D eigenvalue weighted by atomic mass is 32.2. The average molecular weight is 918 g/mol. The molecule has 15 nitrogen and oxygen atoms in total. The Kier molecular flexibility index (Phi) is 17.5. The van der Waals surface area contributed by atoms with Gasteiger partial charge in [-0.1, -0.05) is 30.1 Å². The predicted octanol–water partition coefficient (Wildman–Crippen LogP) is 9.05. The Hall–Kier alpha value is -4.97. The van der Waals surface area contributed by atoms with Crippen molar-refractivity contribution in [2.24, 2.45) is 22.9 Å². The zero-order valence-corrected chi connectivity index (χ0v) is 38.6. The molecule has 3 aliphatic rings.